The van der Waals surface area contributed by atoms with Gasteiger partial charge in [0.25, 0.3) is 0 Å². The molecule has 0 bridgehead atoms. The third-order valence-electron chi connectivity index (χ3n) is 9.50. The Hall–Kier alpha value is 0.110. The van der Waals surface area contributed by atoms with Crippen LogP contribution >= 0.6 is 7.82 Å². The summed E-state index contributed by atoms with van der Waals surface area (Å²) in [5, 5.41) is 0. The molecule has 0 unspecified atom stereocenters. The summed E-state index contributed by atoms with van der Waals surface area (Å²) in [6, 6.07) is 0. The van der Waals surface area contributed by atoms with E-state index in [2.05, 4.69) is 13.8 Å². The average Bonchev–Trinajstić information content (AvgIpc) is 3.03. The minimum absolute atomic E-state index is 0.325. The number of phosphoric acid groups is 1. The van der Waals surface area contributed by atoms with Gasteiger partial charge in [-0.25, -0.2) is 4.57 Å². The summed E-state index contributed by atoms with van der Waals surface area (Å²) in [6.07, 6.45) is 48.1. The topological polar surface area (TPSA) is 55.8 Å². The van der Waals surface area contributed by atoms with Gasteiger partial charge in [-0.3, -0.25) is 9.05 Å². The van der Waals surface area contributed by atoms with Crippen LogP contribution in [-0.4, -0.2) is 18.1 Å². The molecule has 0 aliphatic carbocycles. The predicted octanol–water partition coefficient (Wildman–Crippen LogP) is 15.2. The molecule has 0 saturated carbocycles. The van der Waals surface area contributed by atoms with Gasteiger partial charge in [0.05, 0.1) is 13.2 Å². The summed E-state index contributed by atoms with van der Waals surface area (Å²) in [4.78, 5) is 9.91. The Morgan fingerprint density at radius 2 is 0.467 bits per heavy atom. The lowest BCUT2D eigenvalue weighted by molar-refractivity contribution is 0.145. The van der Waals surface area contributed by atoms with Crippen LogP contribution < -0.4 is 0 Å². The van der Waals surface area contributed by atoms with Gasteiger partial charge in [0.15, 0.2) is 0 Å². The largest absolute Gasteiger partial charge is 0.472 e. The first kappa shape index (κ1) is 45.1. The third-order valence-corrected chi connectivity index (χ3v) is 10.5. The van der Waals surface area contributed by atoms with Gasteiger partial charge in [-0.15, -0.1) is 0 Å². The number of unbranched alkanes of at least 4 members (excludes halogenated alkanes) is 34. The zero-order valence-corrected chi connectivity index (χ0v) is 31.9. The van der Waals surface area contributed by atoms with Crippen molar-refractivity contribution in [1.82, 2.24) is 0 Å². The highest BCUT2D eigenvalue weighted by Gasteiger charge is 2.19. The molecule has 0 spiro atoms. The Morgan fingerprint density at radius 3 is 0.644 bits per heavy atom. The molecule has 5 heteroatoms. The van der Waals surface area contributed by atoms with E-state index in [0.717, 1.165) is 25.7 Å². The van der Waals surface area contributed by atoms with E-state index in [0.29, 0.717) is 13.2 Å². The fraction of sp³-hybridized carbons (Fsp3) is 1.00. The van der Waals surface area contributed by atoms with E-state index in [9.17, 15) is 9.46 Å². The van der Waals surface area contributed by atoms with E-state index in [1.165, 1.54) is 205 Å². The maximum Gasteiger partial charge on any atom is 0.472 e. The molecule has 0 fully saturated rings. The maximum absolute atomic E-state index is 12.1. The SMILES string of the molecule is CCCCCCCCCCCCCCCCCCCCOP(=O)(O)OCCCCCCCCCCCCCCCCCCCC. The van der Waals surface area contributed by atoms with Crippen LogP contribution in [0.25, 0.3) is 0 Å². The predicted molar refractivity (Wildman–Crippen MR) is 199 cm³/mol. The van der Waals surface area contributed by atoms with E-state index in [1.54, 1.807) is 0 Å². The van der Waals surface area contributed by atoms with Gasteiger partial charge < -0.3 is 4.89 Å². The van der Waals surface area contributed by atoms with Gasteiger partial charge in [-0.05, 0) is 12.8 Å². The molecule has 0 rings (SSSR count). The van der Waals surface area contributed by atoms with Crippen LogP contribution in [0.3, 0.4) is 0 Å². The number of rotatable bonds is 40. The molecule has 0 aromatic heterocycles. The fourth-order valence-corrected chi connectivity index (χ4v) is 7.20. The van der Waals surface area contributed by atoms with E-state index < -0.39 is 7.82 Å². The molecule has 0 radical (unpaired) electrons. The average molecular weight is 659 g/mol. The van der Waals surface area contributed by atoms with Gasteiger partial charge in [0, 0.05) is 0 Å². The molecule has 0 aromatic carbocycles. The minimum Gasteiger partial charge on any atom is -0.302 e. The lowest BCUT2D eigenvalue weighted by Gasteiger charge is -2.12. The smallest absolute Gasteiger partial charge is 0.302 e. The summed E-state index contributed by atoms with van der Waals surface area (Å²) >= 11 is 0. The van der Waals surface area contributed by atoms with Crippen molar-refractivity contribution in [1.29, 1.82) is 0 Å². The van der Waals surface area contributed by atoms with Crippen molar-refractivity contribution >= 4 is 7.82 Å². The number of hydrogen-bond donors (Lipinski definition) is 1. The highest BCUT2D eigenvalue weighted by molar-refractivity contribution is 7.47. The molecule has 0 amide bonds. The first-order valence-electron chi connectivity index (χ1n) is 20.7. The second-order valence-electron chi connectivity index (χ2n) is 14.2. The second kappa shape index (κ2) is 38.6. The highest BCUT2D eigenvalue weighted by Crippen LogP contribution is 2.43. The molecule has 0 heterocycles. The zero-order valence-electron chi connectivity index (χ0n) is 31.0. The van der Waals surface area contributed by atoms with E-state index in [4.69, 9.17) is 9.05 Å². The molecule has 45 heavy (non-hydrogen) atoms. The Bertz CT molecular complexity index is 539. The lowest BCUT2D eigenvalue weighted by atomic mass is 10.0. The van der Waals surface area contributed by atoms with Gasteiger partial charge in [-0.2, -0.15) is 0 Å². The quantitative estimate of drug-likeness (QED) is 0.0526. The minimum atomic E-state index is -3.88. The van der Waals surface area contributed by atoms with Crippen molar-refractivity contribution in [3.8, 4) is 0 Å². The molecule has 4 nitrogen and oxygen atoms in total. The van der Waals surface area contributed by atoms with Crippen LogP contribution in [-0.2, 0) is 13.6 Å². The van der Waals surface area contributed by atoms with Crippen LogP contribution in [0, 0.1) is 0 Å². The van der Waals surface area contributed by atoms with Crippen molar-refractivity contribution in [2.45, 2.75) is 245 Å². The Labute approximate surface area is 284 Å². The molecule has 0 saturated heterocycles. The fourth-order valence-electron chi connectivity index (χ4n) is 6.40. The van der Waals surface area contributed by atoms with Crippen molar-refractivity contribution in [3.05, 3.63) is 0 Å². The van der Waals surface area contributed by atoms with Gasteiger partial charge >= 0.3 is 7.82 Å². The Balaban J connectivity index is 3.25. The molecule has 272 valence electrons. The summed E-state index contributed by atoms with van der Waals surface area (Å²) in [5.74, 6) is 0. The van der Waals surface area contributed by atoms with Crippen molar-refractivity contribution in [3.63, 3.8) is 0 Å². The van der Waals surface area contributed by atoms with Crippen molar-refractivity contribution < 1.29 is 18.5 Å². The second-order valence-corrected chi connectivity index (χ2v) is 15.6. The van der Waals surface area contributed by atoms with E-state index in [1.807, 2.05) is 0 Å². The molecular weight excluding hydrogens is 575 g/mol. The van der Waals surface area contributed by atoms with Gasteiger partial charge in [-0.1, -0.05) is 232 Å². The van der Waals surface area contributed by atoms with Crippen LogP contribution in [0.2, 0.25) is 0 Å². The first-order chi connectivity index (χ1) is 22.1. The summed E-state index contributed by atoms with van der Waals surface area (Å²) in [5.41, 5.74) is 0. The normalized spacial score (nSPS) is 12.0. The van der Waals surface area contributed by atoms with Crippen molar-refractivity contribution in [2.75, 3.05) is 13.2 Å². The summed E-state index contributed by atoms with van der Waals surface area (Å²) in [7, 11) is -3.88. The van der Waals surface area contributed by atoms with Crippen molar-refractivity contribution in [2.24, 2.45) is 0 Å². The summed E-state index contributed by atoms with van der Waals surface area (Å²) < 4.78 is 22.5. The van der Waals surface area contributed by atoms with Gasteiger partial charge in [0.1, 0.15) is 0 Å². The molecule has 0 atom stereocenters. The summed E-state index contributed by atoms with van der Waals surface area (Å²) in [6.45, 7) is 5.22. The molecule has 0 aromatic rings. The van der Waals surface area contributed by atoms with E-state index >= 15 is 0 Å². The number of phosphoric ester groups is 1. The molecule has 0 aliphatic rings. The standard InChI is InChI=1S/C40H83O4P/c1-3-5-7-9-11-13-15-17-19-21-23-25-27-29-31-33-35-37-39-43-45(41,42)44-40-38-36-34-32-30-28-26-24-22-20-18-16-14-12-10-8-6-4-2/h3-40H2,1-2H3,(H,41,42). The first-order valence-corrected chi connectivity index (χ1v) is 22.2. The third kappa shape index (κ3) is 40.2. The highest BCUT2D eigenvalue weighted by atomic mass is 31.2. The lowest BCUT2D eigenvalue weighted by Crippen LogP contribution is -1.99. The van der Waals surface area contributed by atoms with Crippen LogP contribution in [0.15, 0.2) is 0 Å². The molecule has 0 aliphatic heterocycles. The molecular formula is C40H83O4P. The van der Waals surface area contributed by atoms with Crippen LogP contribution in [0.5, 0.6) is 0 Å². The maximum atomic E-state index is 12.1. The molecule has 1 N–H and O–H groups in total. The monoisotopic (exact) mass is 659 g/mol. The Kier molecular flexibility index (Phi) is 38.7. The number of hydrogen-bond acceptors (Lipinski definition) is 3. The van der Waals surface area contributed by atoms with Crippen LogP contribution in [0.1, 0.15) is 245 Å². The Morgan fingerprint density at radius 1 is 0.311 bits per heavy atom. The van der Waals surface area contributed by atoms with Gasteiger partial charge in [0.2, 0.25) is 0 Å². The van der Waals surface area contributed by atoms with Crippen LogP contribution in [0.4, 0.5) is 0 Å². The van der Waals surface area contributed by atoms with E-state index in [-0.39, 0.29) is 0 Å². The zero-order chi connectivity index (χ0) is 32.8.